The summed E-state index contributed by atoms with van der Waals surface area (Å²) in [7, 11) is 0. The average molecular weight is 517 g/mol. The first kappa shape index (κ1) is 28.7. The summed E-state index contributed by atoms with van der Waals surface area (Å²) in [6.45, 7) is 9.65. The van der Waals surface area contributed by atoms with E-state index in [1.807, 2.05) is 0 Å². The Bertz CT molecular complexity index is 364. The third-order valence-electron chi connectivity index (χ3n) is 5.45. The molecule has 0 aliphatic rings. The van der Waals surface area contributed by atoms with Gasteiger partial charge in [-0.2, -0.15) is 0 Å². The van der Waals surface area contributed by atoms with E-state index < -0.39 is 0 Å². The predicted octanol–water partition coefficient (Wildman–Crippen LogP) is 6.61. The fraction of sp³-hybridized carbons (Fsp3) is 0.917. The number of hydrogen-bond donors (Lipinski definition) is 0. The molecule has 0 aromatic carbocycles. The van der Waals surface area contributed by atoms with Crippen LogP contribution in [0.15, 0.2) is 0 Å². The van der Waals surface area contributed by atoms with Gasteiger partial charge in [0.15, 0.2) is 0 Å². The first-order valence-electron chi connectivity index (χ1n) is 12.1. The zero-order valence-corrected chi connectivity index (χ0v) is 22.5. The van der Waals surface area contributed by atoms with Crippen LogP contribution in [0.4, 0.5) is 0 Å². The molecule has 5 heteroatoms. The van der Waals surface area contributed by atoms with Crippen LogP contribution in [0.1, 0.15) is 105 Å². The summed E-state index contributed by atoms with van der Waals surface area (Å²) in [5.74, 6) is 0.213. The fourth-order valence-electron chi connectivity index (χ4n) is 3.29. The van der Waals surface area contributed by atoms with Gasteiger partial charge in [-0.1, -0.05) is 0 Å². The molecule has 0 aliphatic heterocycles. The molecule has 0 aromatic heterocycles. The van der Waals surface area contributed by atoms with E-state index in [0.29, 0.717) is 13.2 Å². The monoisotopic (exact) mass is 518 g/mol. The van der Waals surface area contributed by atoms with Gasteiger partial charge in [-0.25, -0.2) is 0 Å². The van der Waals surface area contributed by atoms with Crippen molar-refractivity contribution < 1.29 is 19.1 Å². The van der Waals surface area contributed by atoms with Crippen molar-refractivity contribution in [3.63, 3.8) is 0 Å². The number of rotatable bonds is 20. The normalized spacial score (nSPS) is 13.1. The van der Waals surface area contributed by atoms with Crippen molar-refractivity contribution in [3.05, 3.63) is 0 Å². The van der Waals surface area contributed by atoms with Gasteiger partial charge in [0.25, 0.3) is 0 Å². The quantitative estimate of drug-likeness (QED) is 0.104. The molecule has 0 rings (SSSR count). The minimum absolute atomic E-state index is 0.00971. The molecule has 0 N–H and O–H groups in total. The molecule has 2 unspecified atom stereocenters. The topological polar surface area (TPSA) is 52.6 Å². The van der Waals surface area contributed by atoms with Gasteiger partial charge in [0.2, 0.25) is 0 Å². The average Bonchev–Trinajstić information content (AvgIpc) is 2.73. The van der Waals surface area contributed by atoms with Crippen molar-refractivity contribution in [1.29, 1.82) is 0 Å². The number of hydrogen-bond acceptors (Lipinski definition) is 4. The third-order valence-corrected chi connectivity index (χ3v) is 9.49. The van der Waals surface area contributed by atoms with E-state index >= 15 is 0 Å². The summed E-state index contributed by atoms with van der Waals surface area (Å²) in [5.41, 5.74) is 0. The Balaban J connectivity index is 3.53. The second-order valence-corrected chi connectivity index (χ2v) is 12.3. The molecule has 0 saturated carbocycles. The molecule has 0 amide bonds. The fourth-order valence-corrected chi connectivity index (χ4v) is 6.86. The molecule has 0 heterocycles. The van der Waals surface area contributed by atoms with Crippen molar-refractivity contribution in [2.45, 2.75) is 114 Å². The van der Waals surface area contributed by atoms with Gasteiger partial charge >= 0.3 is 191 Å². The molecule has 0 saturated heterocycles. The summed E-state index contributed by atoms with van der Waals surface area (Å²) in [6.07, 6.45) is 12.6. The van der Waals surface area contributed by atoms with Gasteiger partial charge in [0.05, 0.1) is 0 Å². The molecule has 29 heavy (non-hydrogen) atoms. The van der Waals surface area contributed by atoms with Gasteiger partial charge in [-0.05, 0) is 0 Å². The molecule has 2 atom stereocenters. The Morgan fingerprint density at radius 1 is 0.655 bits per heavy atom. The number of unbranched alkanes of at least 4 members (excludes halogenated alkanes) is 4. The van der Waals surface area contributed by atoms with E-state index in [1.165, 1.54) is 21.7 Å². The first-order valence-corrected chi connectivity index (χ1v) is 16.2. The van der Waals surface area contributed by atoms with Crippen molar-refractivity contribution in [2.75, 3.05) is 13.2 Å². The maximum absolute atomic E-state index is 12.0. The van der Waals surface area contributed by atoms with Crippen LogP contribution in [0, 0.1) is 11.8 Å². The summed E-state index contributed by atoms with van der Waals surface area (Å²) >= 11 is -0.302. The Kier molecular flexibility index (Phi) is 20.8. The van der Waals surface area contributed by atoms with Crippen LogP contribution in [0.2, 0.25) is 8.87 Å². The van der Waals surface area contributed by atoms with Crippen LogP contribution in [-0.4, -0.2) is 46.3 Å². The van der Waals surface area contributed by atoms with E-state index in [0.717, 1.165) is 64.2 Å². The van der Waals surface area contributed by atoms with Crippen LogP contribution in [-0.2, 0) is 19.1 Å². The van der Waals surface area contributed by atoms with E-state index in [-0.39, 0.29) is 44.9 Å². The van der Waals surface area contributed by atoms with Gasteiger partial charge in [0, 0.05) is 0 Å². The SMILES string of the molecule is CCCCC(CC)C(=O)OCCC[CH2][Sn][CH2]CCCOC(=O)C(CC)CCCC. The Hall–Kier alpha value is -0.261. The van der Waals surface area contributed by atoms with Crippen LogP contribution in [0.3, 0.4) is 0 Å². The third kappa shape index (κ3) is 16.1. The first-order chi connectivity index (χ1) is 14.1. The minimum atomic E-state index is -0.302. The second kappa shape index (κ2) is 21.0. The molecule has 0 bridgehead atoms. The Morgan fingerprint density at radius 3 is 1.41 bits per heavy atom. The van der Waals surface area contributed by atoms with Crippen LogP contribution in [0.5, 0.6) is 0 Å². The maximum atomic E-state index is 12.0. The van der Waals surface area contributed by atoms with Crippen molar-refractivity contribution >= 4 is 33.1 Å². The van der Waals surface area contributed by atoms with Crippen molar-refractivity contribution in [3.8, 4) is 0 Å². The molecule has 0 fully saturated rings. The van der Waals surface area contributed by atoms with Gasteiger partial charge < -0.3 is 0 Å². The second-order valence-electron chi connectivity index (χ2n) is 7.99. The summed E-state index contributed by atoms with van der Waals surface area (Å²) in [6, 6.07) is 0. The Labute approximate surface area is 190 Å². The zero-order chi connectivity index (χ0) is 21.7. The van der Waals surface area contributed by atoms with Crippen LogP contribution >= 0.6 is 0 Å². The van der Waals surface area contributed by atoms with Crippen molar-refractivity contribution in [2.24, 2.45) is 11.8 Å². The summed E-state index contributed by atoms with van der Waals surface area (Å²) in [4.78, 5) is 24.1. The molecule has 0 spiro atoms. The van der Waals surface area contributed by atoms with Crippen LogP contribution < -0.4 is 0 Å². The molecule has 0 aliphatic carbocycles. The molecule has 170 valence electrons. The molecule has 0 aromatic rings. The predicted molar refractivity (Wildman–Crippen MR) is 122 cm³/mol. The number of esters is 2. The summed E-state index contributed by atoms with van der Waals surface area (Å²) in [5, 5.41) is 0. The molecular weight excluding hydrogens is 471 g/mol. The molecule has 4 nitrogen and oxygen atoms in total. The van der Waals surface area contributed by atoms with E-state index in [1.54, 1.807) is 0 Å². The van der Waals surface area contributed by atoms with E-state index in [9.17, 15) is 9.59 Å². The van der Waals surface area contributed by atoms with Gasteiger partial charge in [0.1, 0.15) is 0 Å². The molecular formula is C24H46O4Sn. The Morgan fingerprint density at radius 2 is 1.07 bits per heavy atom. The standard InChI is InChI=1S/2C12H23O2.Sn/c2*1-4-7-9-11(6-3)12(13)14-10-8-5-2;/h2*11H,2,4-10H2,1,3H3;. The number of carbonyl (C=O) groups excluding carboxylic acids is 2. The van der Waals surface area contributed by atoms with Gasteiger partial charge in [-0.15, -0.1) is 0 Å². The van der Waals surface area contributed by atoms with Gasteiger partial charge in [-0.3, -0.25) is 0 Å². The zero-order valence-electron chi connectivity index (χ0n) is 19.6. The number of carbonyl (C=O) groups is 2. The number of ether oxygens (including phenoxy) is 2. The van der Waals surface area contributed by atoms with E-state index in [4.69, 9.17) is 9.47 Å². The van der Waals surface area contributed by atoms with E-state index in [2.05, 4.69) is 27.7 Å². The van der Waals surface area contributed by atoms with Crippen molar-refractivity contribution in [1.82, 2.24) is 0 Å². The summed E-state index contributed by atoms with van der Waals surface area (Å²) < 4.78 is 13.6. The van der Waals surface area contributed by atoms with Crippen LogP contribution in [0.25, 0.3) is 0 Å². The molecule has 2 radical (unpaired) electrons.